The Morgan fingerprint density at radius 1 is 1.27 bits per heavy atom. The molecule has 0 spiro atoms. The summed E-state index contributed by atoms with van der Waals surface area (Å²) in [6, 6.07) is 3.03. The van der Waals surface area contributed by atoms with Gasteiger partial charge >= 0.3 is 6.61 Å². The van der Waals surface area contributed by atoms with Crippen molar-refractivity contribution in [3.8, 4) is 17.2 Å². The highest BCUT2D eigenvalue weighted by atomic mass is 19.3. The van der Waals surface area contributed by atoms with Crippen LogP contribution in [-0.4, -0.2) is 58.9 Å². The van der Waals surface area contributed by atoms with E-state index in [4.69, 9.17) is 18.9 Å². The van der Waals surface area contributed by atoms with Gasteiger partial charge in [0.1, 0.15) is 5.75 Å². The van der Waals surface area contributed by atoms with Gasteiger partial charge in [-0.3, -0.25) is 0 Å². The van der Waals surface area contributed by atoms with Crippen molar-refractivity contribution in [3.63, 3.8) is 0 Å². The lowest BCUT2D eigenvalue weighted by molar-refractivity contribution is -0.0505. The van der Waals surface area contributed by atoms with Gasteiger partial charge in [-0.2, -0.15) is 8.78 Å². The first-order valence-electron chi connectivity index (χ1n) is 10.2. The van der Waals surface area contributed by atoms with Crippen LogP contribution in [0.15, 0.2) is 17.1 Å². The minimum atomic E-state index is -2.93. The molecule has 0 aromatic heterocycles. The van der Waals surface area contributed by atoms with Crippen molar-refractivity contribution in [2.45, 2.75) is 32.9 Å². The Labute approximate surface area is 174 Å². The van der Waals surface area contributed by atoms with Gasteiger partial charge in [-0.15, -0.1) is 0 Å². The predicted molar refractivity (Wildman–Crippen MR) is 106 cm³/mol. The monoisotopic (exact) mass is 429 g/mol. The summed E-state index contributed by atoms with van der Waals surface area (Å²) in [7, 11) is 0. The molecule has 1 saturated heterocycles. The molecular weight excluding hydrogens is 400 g/mol. The second-order valence-electron chi connectivity index (χ2n) is 6.97. The molecule has 168 valence electrons. The SMILES string of the molecule is CCNC(=NCc1cc2c(cc1OC(F)F)OCO2)NCCCOCC1CCOC1. The summed E-state index contributed by atoms with van der Waals surface area (Å²) in [6.07, 6.45) is 1.88. The van der Waals surface area contributed by atoms with Crippen LogP contribution in [0.4, 0.5) is 8.78 Å². The van der Waals surface area contributed by atoms with Crippen LogP contribution in [0.3, 0.4) is 0 Å². The van der Waals surface area contributed by atoms with E-state index < -0.39 is 6.61 Å². The highest BCUT2D eigenvalue weighted by Crippen LogP contribution is 2.39. The number of guanidine groups is 1. The average molecular weight is 429 g/mol. The van der Waals surface area contributed by atoms with E-state index in [9.17, 15) is 8.78 Å². The van der Waals surface area contributed by atoms with Crippen LogP contribution in [0.2, 0.25) is 0 Å². The van der Waals surface area contributed by atoms with Gasteiger partial charge in [-0.25, -0.2) is 4.99 Å². The number of halogens is 2. The number of benzene rings is 1. The summed E-state index contributed by atoms with van der Waals surface area (Å²) in [5.41, 5.74) is 0.485. The molecule has 1 unspecified atom stereocenters. The summed E-state index contributed by atoms with van der Waals surface area (Å²) < 4.78 is 51.7. The molecule has 0 amide bonds. The van der Waals surface area contributed by atoms with Crippen molar-refractivity contribution in [2.75, 3.05) is 46.3 Å². The molecule has 1 aromatic carbocycles. The van der Waals surface area contributed by atoms with Crippen molar-refractivity contribution in [1.82, 2.24) is 10.6 Å². The van der Waals surface area contributed by atoms with Crippen LogP contribution in [0.5, 0.6) is 17.2 Å². The first-order valence-corrected chi connectivity index (χ1v) is 10.2. The van der Waals surface area contributed by atoms with Crippen LogP contribution in [0.25, 0.3) is 0 Å². The molecule has 1 atom stereocenters. The average Bonchev–Trinajstić information content (AvgIpc) is 3.39. The first kappa shape index (κ1) is 22.4. The Bertz CT molecular complexity index is 699. The summed E-state index contributed by atoms with van der Waals surface area (Å²) in [5, 5.41) is 6.36. The molecule has 0 radical (unpaired) electrons. The lowest BCUT2D eigenvalue weighted by atomic mass is 10.1. The van der Waals surface area contributed by atoms with E-state index in [2.05, 4.69) is 20.4 Å². The van der Waals surface area contributed by atoms with Gasteiger partial charge in [-0.05, 0) is 25.8 Å². The maximum Gasteiger partial charge on any atom is 0.387 e. The Balaban J connectivity index is 1.49. The number of rotatable bonds is 11. The third kappa shape index (κ3) is 6.88. The molecule has 30 heavy (non-hydrogen) atoms. The number of alkyl halides is 2. The van der Waals surface area contributed by atoms with E-state index in [0.29, 0.717) is 48.6 Å². The van der Waals surface area contributed by atoms with Gasteiger partial charge in [0.25, 0.3) is 0 Å². The number of ether oxygens (including phenoxy) is 5. The highest BCUT2D eigenvalue weighted by Gasteiger charge is 2.20. The largest absolute Gasteiger partial charge is 0.454 e. The van der Waals surface area contributed by atoms with Crippen LogP contribution in [-0.2, 0) is 16.0 Å². The summed E-state index contributed by atoms with van der Waals surface area (Å²) >= 11 is 0. The zero-order valence-corrected chi connectivity index (χ0v) is 17.1. The summed E-state index contributed by atoms with van der Waals surface area (Å²) in [5.74, 6) is 1.99. The maximum absolute atomic E-state index is 12.8. The number of nitrogens with one attached hydrogen (secondary N) is 2. The van der Waals surface area contributed by atoms with Gasteiger partial charge in [-0.1, -0.05) is 0 Å². The molecule has 2 aliphatic heterocycles. The fourth-order valence-corrected chi connectivity index (χ4v) is 3.15. The minimum absolute atomic E-state index is 0.0261. The van der Waals surface area contributed by atoms with Gasteiger partial charge in [0, 0.05) is 43.9 Å². The number of hydrogen-bond donors (Lipinski definition) is 2. The number of fused-ring (bicyclic) bond motifs is 1. The van der Waals surface area contributed by atoms with E-state index in [1.807, 2.05) is 6.92 Å². The molecule has 1 aromatic rings. The number of hydrogen-bond acceptors (Lipinski definition) is 6. The van der Waals surface area contributed by atoms with Crippen LogP contribution < -0.4 is 24.8 Å². The normalized spacial score (nSPS) is 18.1. The van der Waals surface area contributed by atoms with Gasteiger partial charge in [0.15, 0.2) is 17.5 Å². The lowest BCUT2D eigenvalue weighted by Crippen LogP contribution is -2.38. The Kier molecular flexibility index (Phi) is 8.76. The van der Waals surface area contributed by atoms with E-state index in [1.165, 1.54) is 6.07 Å². The summed E-state index contributed by atoms with van der Waals surface area (Å²) in [4.78, 5) is 4.47. The minimum Gasteiger partial charge on any atom is -0.454 e. The van der Waals surface area contributed by atoms with E-state index in [1.54, 1.807) is 6.07 Å². The highest BCUT2D eigenvalue weighted by molar-refractivity contribution is 5.79. The third-order valence-corrected chi connectivity index (χ3v) is 4.66. The second kappa shape index (κ2) is 11.8. The quantitative estimate of drug-likeness (QED) is 0.318. The van der Waals surface area contributed by atoms with Crippen molar-refractivity contribution in [1.29, 1.82) is 0 Å². The van der Waals surface area contributed by atoms with Crippen molar-refractivity contribution < 1.29 is 32.5 Å². The molecule has 3 rings (SSSR count). The zero-order chi connectivity index (χ0) is 21.2. The standard InChI is InChI=1S/C20H29F2N3O5/c1-2-23-20(24-5-3-6-26-11-14-4-7-27-12-14)25-10-15-8-17-18(29-13-28-17)9-16(15)30-19(21)22/h8-9,14,19H,2-7,10-13H2,1H3,(H2,23,24,25). The maximum atomic E-state index is 12.8. The van der Waals surface area contributed by atoms with Gasteiger partial charge in [0.2, 0.25) is 6.79 Å². The molecule has 0 saturated carbocycles. The number of aliphatic imine (C=N–C) groups is 1. The topological polar surface area (TPSA) is 82.6 Å². The molecular formula is C20H29F2N3O5. The molecule has 10 heteroatoms. The third-order valence-electron chi connectivity index (χ3n) is 4.66. The molecule has 2 N–H and O–H groups in total. The van der Waals surface area contributed by atoms with Crippen molar-refractivity contribution >= 4 is 5.96 Å². The number of nitrogens with zero attached hydrogens (tertiary/aromatic N) is 1. The summed E-state index contributed by atoms with van der Waals surface area (Å²) in [6.45, 7) is 3.55. The smallest absolute Gasteiger partial charge is 0.387 e. The van der Waals surface area contributed by atoms with Crippen LogP contribution in [0.1, 0.15) is 25.3 Å². The Morgan fingerprint density at radius 2 is 2.10 bits per heavy atom. The second-order valence-corrected chi connectivity index (χ2v) is 6.97. The fraction of sp³-hybridized carbons (Fsp3) is 0.650. The van der Waals surface area contributed by atoms with E-state index in [0.717, 1.165) is 32.7 Å². The van der Waals surface area contributed by atoms with Gasteiger partial charge < -0.3 is 34.3 Å². The molecule has 2 aliphatic rings. The Morgan fingerprint density at radius 3 is 2.83 bits per heavy atom. The molecule has 1 fully saturated rings. The van der Waals surface area contributed by atoms with E-state index in [-0.39, 0.29) is 19.1 Å². The lowest BCUT2D eigenvalue weighted by Gasteiger charge is -2.14. The van der Waals surface area contributed by atoms with Crippen molar-refractivity contribution in [3.05, 3.63) is 17.7 Å². The van der Waals surface area contributed by atoms with E-state index >= 15 is 0 Å². The zero-order valence-electron chi connectivity index (χ0n) is 17.1. The molecule has 8 nitrogen and oxygen atoms in total. The van der Waals surface area contributed by atoms with Crippen LogP contribution >= 0.6 is 0 Å². The first-order chi connectivity index (χ1) is 14.7. The van der Waals surface area contributed by atoms with Crippen LogP contribution in [0, 0.1) is 5.92 Å². The molecule has 0 aliphatic carbocycles. The molecule has 0 bridgehead atoms. The van der Waals surface area contributed by atoms with Crippen molar-refractivity contribution in [2.24, 2.45) is 10.9 Å². The predicted octanol–water partition coefficient (Wildman–Crippen LogP) is 2.52. The molecule has 2 heterocycles. The Hall–Kier alpha value is -2.33. The fourth-order valence-electron chi connectivity index (χ4n) is 3.15. The van der Waals surface area contributed by atoms with Gasteiger partial charge in [0.05, 0.1) is 19.8 Å².